The van der Waals surface area contributed by atoms with Crippen molar-refractivity contribution in [3.05, 3.63) is 0 Å². The summed E-state index contributed by atoms with van der Waals surface area (Å²) in [5.74, 6) is 0. The van der Waals surface area contributed by atoms with Crippen LogP contribution in [0.5, 0.6) is 0 Å². The minimum absolute atomic E-state index is 2.69. The topological polar surface area (TPSA) is 160 Å². The van der Waals surface area contributed by atoms with Crippen molar-refractivity contribution in [2.75, 3.05) is 0 Å². The highest BCUT2D eigenvalue weighted by Gasteiger charge is 2.61. The Bertz CT molecular complexity index is 519. The average Bonchev–Trinajstić information content (AvgIpc) is 2.03. The number of phosphoric acid groups is 3. The van der Waals surface area contributed by atoms with Crippen LogP contribution in [0, 0.1) is 0 Å². The van der Waals surface area contributed by atoms with Crippen LogP contribution in [0.1, 0.15) is 0 Å². The van der Waals surface area contributed by atoms with Gasteiger partial charge in [0.15, 0.2) is 0 Å². The molecule has 134 valence electrons. The molecule has 0 aliphatic carbocycles. The molecule has 0 spiro atoms. The lowest BCUT2D eigenvalue weighted by molar-refractivity contribution is -0.303. The maximum Gasteiger partial charge on any atom is 0.490 e. The maximum absolute atomic E-state index is 12.0. The summed E-state index contributed by atoms with van der Waals surface area (Å²) in [5.41, 5.74) is 0. The Hall–Kier alpha value is -0.0100. The van der Waals surface area contributed by atoms with E-state index in [1.54, 1.807) is 0 Å². The molecule has 0 aliphatic heterocycles. The zero-order valence-corrected chi connectivity index (χ0v) is 12.1. The Balaban J connectivity index is 5.29. The zero-order chi connectivity index (χ0) is 18.2. The summed E-state index contributed by atoms with van der Waals surface area (Å²) >= 11 is 0. The van der Waals surface area contributed by atoms with Gasteiger partial charge in [-0.15, -0.1) is 0 Å². The van der Waals surface area contributed by atoms with Crippen LogP contribution in [0.4, 0.5) is 26.3 Å². The van der Waals surface area contributed by atoms with Crippen molar-refractivity contribution in [1.82, 2.24) is 0 Å². The Morgan fingerprint density at radius 2 is 1.09 bits per heavy atom. The molecule has 0 bridgehead atoms. The third-order valence-electron chi connectivity index (χ3n) is 1.25. The summed E-state index contributed by atoms with van der Waals surface area (Å²) in [6.45, 7) is 0. The maximum atomic E-state index is 12.0. The lowest BCUT2D eigenvalue weighted by atomic mass is 10.3. The molecule has 2 unspecified atom stereocenters. The summed E-state index contributed by atoms with van der Waals surface area (Å²) < 4.78 is 112. The molecule has 0 amide bonds. The summed E-state index contributed by atoms with van der Waals surface area (Å²) in [7, 11) is -18.6. The number of alkyl halides is 6. The fourth-order valence-electron chi connectivity index (χ4n) is 0.737. The monoisotopic (exact) mass is 408 g/mol. The van der Waals surface area contributed by atoms with Crippen molar-refractivity contribution in [3.8, 4) is 0 Å². The van der Waals surface area contributed by atoms with Gasteiger partial charge < -0.3 is 19.6 Å². The average molecular weight is 408 g/mol. The van der Waals surface area contributed by atoms with Crippen LogP contribution in [0.25, 0.3) is 0 Å². The van der Waals surface area contributed by atoms with E-state index >= 15 is 0 Å². The summed E-state index contributed by atoms with van der Waals surface area (Å²) in [6, 6.07) is 0. The van der Waals surface area contributed by atoms with E-state index in [0.29, 0.717) is 0 Å². The van der Waals surface area contributed by atoms with Gasteiger partial charge in [0.05, 0.1) is 0 Å². The van der Waals surface area contributed by atoms with E-state index in [-0.39, 0.29) is 0 Å². The molecule has 0 aromatic heterocycles. The van der Waals surface area contributed by atoms with E-state index in [1.165, 1.54) is 0 Å². The first-order chi connectivity index (χ1) is 9.25. The van der Waals surface area contributed by atoms with Gasteiger partial charge in [-0.05, 0) is 0 Å². The van der Waals surface area contributed by atoms with E-state index in [9.17, 15) is 40.0 Å². The molecule has 0 aliphatic rings. The van der Waals surface area contributed by atoms with E-state index in [1.807, 2.05) is 0 Å². The first-order valence-electron chi connectivity index (χ1n) is 4.21. The smallest absolute Gasteiger partial charge is 0.302 e. The van der Waals surface area contributed by atoms with Gasteiger partial charge in [-0.2, -0.15) is 35.0 Å². The number of halogens is 6. The van der Waals surface area contributed by atoms with Crippen LogP contribution in [-0.2, 0) is 26.8 Å². The third kappa shape index (κ3) is 8.58. The van der Waals surface area contributed by atoms with Gasteiger partial charge in [0, 0.05) is 0 Å². The van der Waals surface area contributed by atoms with Crippen molar-refractivity contribution >= 4 is 23.5 Å². The summed E-state index contributed by atoms with van der Waals surface area (Å²) in [6.07, 6.45) is -17.4. The molecule has 10 nitrogen and oxygen atoms in total. The van der Waals surface area contributed by atoms with Gasteiger partial charge in [0.2, 0.25) is 0 Å². The predicted octanol–water partition coefficient (Wildman–Crippen LogP) is 1.82. The number of phosphoric ester groups is 1. The minimum Gasteiger partial charge on any atom is -0.302 e. The first-order valence-corrected chi connectivity index (χ1v) is 8.73. The van der Waals surface area contributed by atoms with Crippen LogP contribution < -0.4 is 0 Å². The summed E-state index contributed by atoms with van der Waals surface area (Å²) in [4.78, 5) is 33.3. The van der Waals surface area contributed by atoms with Crippen LogP contribution in [-0.4, -0.2) is 38.0 Å². The minimum atomic E-state index is -6.57. The molecule has 0 aromatic carbocycles. The van der Waals surface area contributed by atoms with Gasteiger partial charge in [-0.25, -0.2) is 13.7 Å². The Kier molecular flexibility index (Phi) is 6.47. The largest absolute Gasteiger partial charge is 0.490 e. The molecule has 19 heteroatoms. The molecule has 4 N–H and O–H groups in total. The van der Waals surface area contributed by atoms with Crippen LogP contribution >= 0.6 is 23.5 Å². The standard InChI is InChI=1S/C3H5F6O10P3/c4-2(5,6)1(3(7,8)9)17-21(13,14)19-22(15,16)18-20(10,11)12/h1H,(H,13,14)(H,15,16)(H2,10,11,12). The van der Waals surface area contributed by atoms with E-state index in [4.69, 9.17) is 19.6 Å². The van der Waals surface area contributed by atoms with Crippen LogP contribution in [0.15, 0.2) is 0 Å². The fraction of sp³-hybridized carbons (Fsp3) is 1.00. The second-order valence-electron chi connectivity index (χ2n) is 3.16. The molecule has 0 saturated heterocycles. The molecule has 22 heavy (non-hydrogen) atoms. The highest BCUT2D eigenvalue weighted by molar-refractivity contribution is 7.66. The fourth-order valence-corrected chi connectivity index (χ4v) is 3.90. The molecular weight excluding hydrogens is 403 g/mol. The van der Waals surface area contributed by atoms with Crippen molar-refractivity contribution in [2.24, 2.45) is 0 Å². The van der Waals surface area contributed by atoms with E-state index < -0.39 is 41.9 Å². The van der Waals surface area contributed by atoms with Gasteiger partial charge >= 0.3 is 35.8 Å². The molecule has 0 radical (unpaired) electrons. The molecule has 0 saturated carbocycles. The Morgan fingerprint density at radius 1 is 0.727 bits per heavy atom. The Labute approximate surface area is 116 Å². The van der Waals surface area contributed by atoms with Crippen molar-refractivity contribution < 1.29 is 72.8 Å². The second-order valence-corrected chi connectivity index (χ2v) is 7.53. The number of hydrogen-bond acceptors (Lipinski definition) is 6. The highest BCUT2D eigenvalue weighted by atomic mass is 31.3. The van der Waals surface area contributed by atoms with Gasteiger partial charge in [0.25, 0.3) is 6.10 Å². The third-order valence-corrected chi connectivity index (χ3v) is 5.05. The normalized spacial score (nSPS) is 19.8. The van der Waals surface area contributed by atoms with Gasteiger partial charge in [-0.3, -0.25) is 4.52 Å². The van der Waals surface area contributed by atoms with Crippen LogP contribution in [0.2, 0.25) is 0 Å². The number of hydrogen-bond donors (Lipinski definition) is 4. The highest BCUT2D eigenvalue weighted by Crippen LogP contribution is 2.67. The molecular formula is C3H5F6O10P3. The lowest BCUT2D eigenvalue weighted by Crippen LogP contribution is -2.43. The Morgan fingerprint density at radius 3 is 1.36 bits per heavy atom. The van der Waals surface area contributed by atoms with E-state index in [0.717, 1.165) is 0 Å². The molecule has 0 heterocycles. The van der Waals surface area contributed by atoms with Gasteiger partial charge in [-0.1, -0.05) is 0 Å². The van der Waals surface area contributed by atoms with Crippen LogP contribution in [0.3, 0.4) is 0 Å². The van der Waals surface area contributed by atoms with Crippen molar-refractivity contribution in [3.63, 3.8) is 0 Å². The lowest BCUT2D eigenvalue weighted by Gasteiger charge is -2.25. The van der Waals surface area contributed by atoms with E-state index in [2.05, 4.69) is 13.1 Å². The van der Waals surface area contributed by atoms with Crippen molar-refractivity contribution in [1.29, 1.82) is 0 Å². The summed E-state index contributed by atoms with van der Waals surface area (Å²) in [5, 5.41) is 0. The molecule has 0 rings (SSSR count). The molecule has 0 aromatic rings. The molecule has 2 atom stereocenters. The molecule has 0 fully saturated rings. The SMILES string of the molecule is O=P(O)(O)OP(=O)(O)OP(=O)(O)OC(C(F)(F)F)C(F)(F)F. The first kappa shape index (κ1) is 22.0. The quantitative estimate of drug-likeness (QED) is 0.377. The predicted molar refractivity (Wildman–Crippen MR) is 50.8 cm³/mol. The number of rotatable bonds is 6. The zero-order valence-electron chi connectivity index (χ0n) is 9.43. The second kappa shape index (κ2) is 6.48. The van der Waals surface area contributed by atoms with Gasteiger partial charge in [0.1, 0.15) is 0 Å². The van der Waals surface area contributed by atoms with Crippen molar-refractivity contribution in [2.45, 2.75) is 18.5 Å².